The van der Waals surface area contributed by atoms with E-state index in [1.165, 1.54) is 18.2 Å². The standard InChI is InChI=1S/C14H9F3O3/c15-9-3-1-4-10(16)8(9)7-20-12-6-2-5-11(17)13(12)14(18)19/h1-6H,7H2,(H,18,19). The van der Waals surface area contributed by atoms with E-state index in [0.29, 0.717) is 0 Å². The first-order chi connectivity index (χ1) is 9.50. The molecule has 0 fully saturated rings. The fourth-order valence-corrected chi connectivity index (χ4v) is 1.65. The average molecular weight is 282 g/mol. The van der Waals surface area contributed by atoms with E-state index in [0.717, 1.165) is 18.2 Å². The summed E-state index contributed by atoms with van der Waals surface area (Å²) in [6, 6.07) is 6.70. The number of halogens is 3. The van der Waals surface area contributed by atoms with E-state index in [2.05, 4.69) is 0 Å². The zero-order valence-electron chi connectivity index (χ0n) is 10.1. The minimum absolute atomic E-state index is 0.292. The maximum atomic E-state index is 13.4. The fraction of sp³-hybridized carbons (Fsp3) is 0.0714. The van der Waals surface area contributed by atoms with Crippen molar-refractivity contribution in [2.75, 3.05) is 0 Å². The van der Waals surface area contributed by atoms with Crippen molar-refractivity contribution in [2.24, 2.45) is 0 Å². The number of carbonyl (C=O) groups is 1. The van der Waals surface area contributed by atoms with Crippen LogP contribution in [0.25, 0.3) is 0 Å². The highest BCUT2D eigenvalue weighted by Gasteiger charge is 2.18. The summed E-state index contributed by atoms with van der Waals surface area (Å²) in [5.74, 6) is -4.44. The van der Waals surface area contributed by atoms with Crippen LogP contribution in [0.4, 0.5) is 13.2 Å². The summed E-state index contributed by atoms with van der Waals surface area (Å²) in [7, 11) is 0. The van der Waals surface area contributed by atoms with Crippen molar-refractivity contribution in [3.05, 3.63) is 65.0 Å². The Kier molecular flexibility index (Phi) is 3.93. The molecule has 0 atom stereocenters. The van der Waals surface area contributed by atoms with E-state index in [9.17, 15) is 18.0 Å². The summed E-state index contributed by atoms with van der Waals surface area (Å²) in [6.45, 7) is -0.539. The third kappa shape index (κ3) is 2.74. The van der Waals surface area contributed by atoms with Gasteiger partial charge in [0.25, 0.3) is 0 Å². The Bertz CT molecular complexity index is 636. The number of carboxylic acid groups (broad SMARTS) is 1. The summed E-state index contributed by atoms with van der Waals surface area (Å²) in [6.07, 6.45) is 0. The monoisotopic (exact) mass is 282 g/mol. The third-order valence-electron chi connectivity index (χ3n) is 2.62. The van der Waals surface area contributed by atoms with Gasteiger partial charge >= 0.3 is 5.97 Å². The highest BCUT2D eigenvalue weighted by Crippen LogP contribution is 2.23. The number of ether oxygens (including phenoxy) is 1. The molecule has 104 valence electrons. The Hall–Kier alpha value is -2.50. The van der Waals surface area contributed by atoms with E-state index < -0.39 is 35.6 Å². The quantitative estimate of drug-likeness (QED) is 0.935. The van der Waals surface area contributed by atoms with Gasteiger partial charge in [-0.25, -0.2) is 18.0 Å². The van der Waals surface area contributed by atoms with Gasteiger partial charge in [0.05, 0.1) is 5.56 Å². The molecule has 0 unspecified atom stereocenters. The first-order valence-electron chi connectivity index (χ1n) is 5.58. The molecule has 2 aromatic carbocycles. The van der Waals surface area contributed by atoms with Crippen LogP contribution in [-0.4, -0.2) is 11.1 Å². The Morgan fingerprint density at radius 2 is 1.55 bits per heavy atom. The number of benzene rings is 2. The summed E-state index contributed by atoms with van der Waals surface area (Å²) in [5.41, 5.74) is -1.03. The predicted octanol–water partition coefficient (Wildman–Crippen LogP) is 3.38. The Morgan fingerprint density at radius 1 is 1.00 bits per heavy atom. The second-order valence-corrected chi connectivity index (χ2v) is 3.91. The van der Waals surface area contributed by atoms with Gasteiger partial charge in [0.2, 0.25) is 0 Å². The molecule has 0 aliphatic rings. The van der Waals surface area contributed by atoms with E-state index >= 15 is 0 Å². The van der Waals surface area contributed by atoms with Crippen molar-refractivity contribution in [1.82, 2.24) is 0 Å². The van der Waals surface area contributed by atoms with E-state index in [1.54, 1.807) is 0 Å². The minimum atomic E-state index is -1.52. The molecule has 0 saturated carbocycles. The van der Waals surface area contributed by atoms with Crippen molar-refractivity contribution in [3.8, 4) is 5.75 Å². The Morgan fingerprint density at radius 3 is 2.15 bits per heavy atom. The maximum absolute atomic E-state index is 13.4. The van der Waals surface area contributed by atoms with Gasteiger partial charge in [-0.3, -0.25) is 0 Å². The molecule has 0 aliphatic carbocycles. The highest BCUT2D eigenvalue weighted by molar-refractivity contribution is 5.91. The van der Waals surface area contributed by atoms with Crippen LogP contribution in [0.5, 0.6) is 5.75 Å². The first-order valence-corrected chi connectivity index (χ1v) is 5.58. The number of carboxylic acids is 1. The van der Waals surface area contributed by atoms with Crippen LogP contribution in [0.3, 0.4) is 0 Å². The molecule has 0 spiro atoms. The lowest BCUT2D eigenvalue weighted by atomic mass is 10.2. The van der Waals surface area contributed by atoms with E-state index in [4.69, 9.17) is 9.84 Å². The lowest BCUT2D eigenvalue weighted by Crippen LogP contribution is -2.07. The third-order valence-corrected chi connectivity index (χ3v) is 2.62. The van der Waals surface area contributed by atoms with Crippen molar-refractivity contribution in [1.29, 1.82) is 0 Å². The van der Waals surface area contributed by atoms with Gasteiger partial charge in [-0.15, -0.1) is 0 Å². The molecular formula is C14H9F3O3. The number of rotatable bonds is 4. The van der Waals surface area contributed by atoms with Crippen LogP contribution < -0.4 is 4.74 Å². The van der Waals surface area contributed by atoms with Gasteiger partial charge in [0.1, 0.15) is 35.4 Å². The largest absolute Gasteiger partial charge is 0.488 e. The molecule has 1 N–H and O–H groups in total. The van der Waals surface area contributed by atoms with Gasteiger partial charge in [0, 0.05) is 0 Å². The van der Waals surface area contributed by atoms with Gasteiger partial charge in [-0.2, -0.15) is 0 Å². The molecule has 2 rings (SSSR count). The van der Waals surface area contributed by atoms with Crippen molar-refractivity contribution in [2.45, 2.75) is 6.61 Å². The smallest absolute Gasteiger partial charge is 0.342 e. The predicted molar refractivity (Wildman–Crippen MR) is 64.0 cm³/mol. The number of hydrogen-bond acceptors (Lipinski definition) is 2. The molecule has 0 aromatic heterocycles. The summed E-state index contributed by atoms with van der Waals surface area (Å²) in [4.78, 5) is 10.9. The topological polar surface area (TPSA) is 46.5 Å². The SMILES string of the molecule is O=C(O)c1c(F)cccc1OCc1c(F)cccc1F. The molecule has 0 heterocycles. The molecule has 0 saturated heterocycles. The van der Waals surface area contributed by atoms with Gasteiger partial charge in [-0.1, -0.05) is 12.1 Å². The second-order valence-electron chi connectivity index (χ2n) is 3.91. The number of aromatic carboxylic acids is 1. The summed E-state index contributed by atoms with van der Waals surface area (Å²) >= 11 is 0. The molecule has 20 heavy (non-hydrogen) atoms. The zero-order chi connectivity index (χ0) is 14.7. The Balaban J connectivity index is 2.28. The van der Waals surface area contributed by atoms with Gasteiger partial charge < -0.3 is 9.84 Å². The van der Waals surface area contributed by atoms with Crippen LogP contribution in [-0.2, 0) is 6.61 Å². The molecule has 0 amide bonds. The van der Waals surface area contributed by atoms with Gasteiger partial charge in [0.15, 0.2) is 0 Å². The molecule has 6 heteroatoms. The molecular weight excluding hydrogens is 273 g/mol. The molecule has 0 radical (unpaired) electrons. The van der Waals surface area contributed by atoms with Crippen molar-refractivity contribution in [3.63, 3.8) is 0 Å². The van der Waals surface area contributed by atoms with Gasteiger partial charge in [-0.05, 0) is 24.3 Å². The number of hydrogen-bond donors (Lipinski definition) is 1. The Labute approximate surface area is 112 Å². The summed E-state index contributed by atoms with van der Waals surface area (Å²) < 4.78 is 45.2. The second kappa shape index (κ2) is 5.64. The van der Waals surface area contributed by atoms with E-state index in [1.807, 2.05) is 0 Å². The van der Waals surface area contributed by atoms with Crippen LogP contribution in [0.1, 0.15) is 15.9 Å². The van der Waals surface area contributed by atoms with Crippen molar-refractivity contribution >= 4 is 5.97 Å². The minimum Gasteiger partial charge on any atom is -0.488 e. The molecule has 0 aliphatic heterocycles. The normalized spacial score (nSPS) is 10.3. The lowest BCUT2D eigenvalue weighted by molar-refractivity contribution is 0.0686. The van der Waals surface area contributed by atoms with E-state index in [-0.39, 0.29) is 11.3 Å². The highest BCUT2D eigenvalue weighted by atomic mass is 19.1. The zero-order valence-corrected chi connectivity index (χ0v) is 10.1. The van der Waals surface area contributed by atoms with Crippen LogP contribution in [0, 0.1) is 17.5 Å². The molecule has 0 bridgehead atoms. The fourth-order valence-electron chi connectivity index (χ4n) is 1.65. The van der Waals surface area contributed by atoms with Crippen LogP contribution in [0.2, 0.25) is 0 Å². The van der Waals surface area contributed by atoms with Crippen LogP contribution >= 0.6 is 0 Å². The molecule has 2 aromatic rings. The summed E-state index contributed by atoms with van der Waals surface area (Å²) in [5, 5.41) is 8.88. The maximum Gasteiger partial charge on any atom is 0.342 e. The first kappa shape index (κ1) is 13.9. The molecule has 3 nitrogen and oxygen atoms in total. The van der Waals surface area contributed by atoms with Crippen LogP contribution in [0.15, 0.2) is 36.4 Å². The average Bonchev–Trinajstić information content (AvgIpc) is 2.37. The lowest BCUT2D eigenvalue weighted by Gasteiger charge is -2.10. The van der Waals surface area contributed by atoms with Crippen molar-refractivity contribution < 1.29 is 27.8 Å².